The Labute approximate surface area is 136 Å². The molecule has 0 fully saturated rings. The van der Waals surface area contributed by atoms with E-state index in [1.807, 2.05) is 25.8 Å². The smallest absolute Gasteiger partial charge is 0.418 e. The zero-order valence-corrected chi connectivity index (χ0v) is 13.4. The maximum Gasteiger partial charge on any atom is 0.418 e. The first-order chi connectivity index (χ1) is 11.1. The minimum absolute atomic E-state index is 0.0640. The summed E-state index contributed by atoms with van der Waals surface area (Å²) in [6.07, 6.45) is -4.01. The summed E-state index contributed by atoms with van der Waals surface area (Å²) in [6.45, 7) is 3.98. The zero-order valence-electron chi connectivity index (χ0n) is 13.4. The molecule has 1 aromatic heterocycles. The van der Waals surface area contributed by atoms with E-state index in [2.05, 4.69) is 0 Å². The highest BCUT2D eigenvalue weighted by Crippen LogP contribution is 2.43. The monoisotopic (exact) mass is 336 g/mol. The molecule has 1 aliphatic rings. The minimum atomic E-state index is -4.81. The van der Waals surface area contributed by atoms with Crippen LogP contribution < -0.4 is 10.5 Å². The molecule has 0 bridgehead atoms. The van der Waals surface area contributed by atoms with Crippen LogP contribution in [0.1, 0.15) is 42.9 Å². The van der Waals surface area contributed by atoms with Crippen LogP contribution in [-0.2, 0) is 6.18 Å². The van der Waals surface area contributed by atoms with Gasteiger partial charge in [0.05, 0.1) is 5.56 Å². The summed E-state index contributed by atoms with van der Waals surface area (Å²) in [4.78, 5) is 13.8. The number of rotatable bonds is 0. The van der Waals surface area contributed by atoms with Crippen molar-refractivity contribution in [1.29, 1.82) is 5.26 Å². The van der Waals surface area contributed by atoms with Gasteiger partial charge in [0.25, 0.3) is 0 Å². The van der Waals surface area contributed by atoms with E-state index < -0.39 is 22.9 Å². The highest BCUT2D eigenvalue weighted by Gasteiger charge is 2.39. The Morgan fingerprint density at radius 1 is 1.33 bits per heavy atom. The average molecular weight is 336 g/mol. The van der Waals surface area contributed by atoms with E-state index >= 15 is 0 Å². The van der Waals surface area contributed by atoms with Gasteiger partial charge in [-0.15, -0.1) is 0 Å². The summed E-state index contributed by atoms with van der Waals surface area (Å²) in [5.41, 5.74) is -2.14. The van der Waals surface area contributed by atoms with E-state index in [9.17, 15) is 18.0 Å². The summed E-state index contributed by atoms with van der Waals surface area (Å²) in [5.74, 6) is 0.0640. The van der Waals surface area contributed by atoms with Crippen molar-refractivity contribution in [2.24, 2.45) is 0 Å². The van der Waals surface area contributed by atoms with Crippen LogP contribution >= 0.6 is 0 Å². The largest absolute Gasteiger partial charge is 0.422 e. The Hall–Kier alpha value is -2.49. The van der Waals surface area contributed by atoms with Gasteiger partial charge in [0.2, 0.25) is 0 Å². The number of fused-ring (bicyclic) bond motifs is 2. The summed E-state index contributed by atoms with van der Waals surface area (Å²) >= 11 is 0. The minimum Gasteiger partial charge on any atom is -0.422 e. The van der Waals surface area contributed by atoms with E-state index in [-0.39, 0.29) is 22.9 Å². The lowest BCUT2D eigenvalue weighted by Gasteiger charge is -2.37. The van der Waals surface area contributed by atoms with Crippen LogP contribution in [0.2, 0.25) is 0 Å². The van der Waals surface area contributed by atoms with Gasteiger partial charge in [-0.2, -0.15) is 18.4 Å². The molecule has 3 rings (SSSR count). The van der Waals surface area contributed by atoms with Gasteiger partial charge in [0, 0.05) is 30.2 Å². The van der Waals surface area contributed by atoms with Crippen LogP contribution in [0.3, 0.4) is 0 Å². The van der Waals surface area contributed by atoms with Crippen LogP contribution in [0.4, 0.5) is 18.9 Å². The molecule has 0 N–H and O–H groups in total. The second-order valence-electron chi connectivity index (χ2n) is 6.25. The third-order valence-corrected chi connectivity index (χ3v) is 4.72. The highest BCUT2D eigenvalue weighted by molar-refractivity contribution is 5.88. The van der Waals surface area contributed by atoms with Gasteiger partial charge in [-0.05, 0) is 30.9 Å². The van der Waals surface area contributed by atoms with Gasteiger partial charge in [0.15, 0.2) is 5.56 Å². The zero-order chi connectivity index (χ0) is 17.8. The van der Waals surface area contributed by atoms with Crippen molar-refractivity contribution in [3.05, 3.63) is 39.2 Å². The first-order valence-electron chi connectivity index (χ1n) is 7.50. The Morgan fingerprint density at radius 3 is 2.58 bits per heavy atom. The molecular weight excluding hydrogens is 321 g/mol. The van der Waals surface area contributed by atoms with Crippen molar-refractivity contribution < 1.29 is 17.6 Å². The van der Waals surface area contributed by atoms with Crippen LogP contribution in [0.25, 0.3) is 11.0 Å². The SMILES string of the molecule is CC1CC(C)N(C)c2cc3oc(=O)c(C#N)c(C(F)(F)F)c3cc21. The van der Waals surface area contributed by atoms with Gasteiger partial charge < -0.3 is 9.32 Å². The standard InChI is InChI=1S/C17H15F3N2O2/c1-8-4-9(2)22(3)13-6-14-11(5-10(8)13)15(17(18,19)20)12(7-21)16(23)24-14/h5-6,8-9H,4H2,1-3H3. The lowest BCUT2D eigenvalue weighted by molar-refractivity contribution is -0.136. The number of alkyl halides is 3. The molecule has 1 aliphatic heterocycles. The molecule has 24 heavy (non-hydrogen) atoms. The molecule has 4 nitrogen and oxygen atoms in total. The number of halogens is 3. The molecule has 2 aromatic rings. The highest BCUT2D eigenvalue weighted by atomic mass is 19.4. The van der Waals surface area contributed by atoms with Crippen molar-refractivity contribution in [3.8, 4) is 6.07 Å². The van der Waals surface area contributed by atoms with E-state index in [1.165, 1.54) is 18.2 Å². The molecule has 0 spiro atoms. The number of nitrogens with zero attached hydrogens (tertiary/aromatic N) is 2. The van der Waals surface area contributed by atoms with E-state index in [4.69, 9.17) is 9.68 Å². The maximum absolute atomic E-state index is 13.5. The van der Waals surface area contributed by atoms with Crippen molar-refractivity contribution in [1.82, 2.24) is 0 Å². The molecule has 0 saturated carbocycles. The predicted octanol–water partition coefficient (Wildman–Crippen LogP) is 4.02. The van der Waals surface area contributed by atoms with Gasteiger partial charge >= 0.3 is 11.8 Å². The molecule has 0 amide bonds. The molecular formula is C17H15F3N2O2. The molecule has 1 aromatic carbocycles. The second kappa shape index (κ2) is 5.26. The Bertz CT molecular complexity index is 925. The predicted molar refractivity (Wildman–Crippen MR) is 83.1 cm³/mol. The fourth-order valence-corrected chi connectivity index (χ4v) is 3.38. The maximum atomic E-state index is 13.5. The summed E-state index contributed by atoms with van der Waals surface area (Å²) in [6, 6.07) is 4.43. The van der Waals surface area contributed by atoms with Gasteiger partial charge in [-0.1, -0.05) is 6.92 Å². The van der Waals surface area contributed by atoms with Crippen LogP contribution in [0, 0.1) is 11.3 Å². The summed E-state index contributed by atoms with van der Waals surface area (Å²) < 4.78 is 45.4. The first-order valence-corrected chi connectivity index (χ1v) is 7.50. The summed E-state index contributed by atoms with van der Waals surface area (Å²) in [7, 11) is 1.85. The molecule has 0 aliphatic carbocycles. The van der Waals surface area contributed by atoms with Gasteiger partial charge in [-0.3, -0.25) is 0 Å². The summed E-state index contributed by atoms with van der Waals surface area (Å²) in [5, 5.41) is 8.73. The third kappa shape index (κ3) is 2.33. The normalized spacial score (nSPS) is 20.8. The molecule has 2 heterocycles. The fourth-order valence-electron chi connectivity index (χ4n) is 3.38. The number of hydrogen-bond donors (Lipinski definition) is 0. The molecule has 2 unspecified atom stereocenters. The first kappa shape index (κ1) is 16.4. The van der Waals surface area contributed by atoms with Gasteiger partial charge in [0.1, 0.15) is 11.7 Å². The van der Waals surface area contributed by atoms with E-state index in [0.717, 1.165) is 17.7 Å². The lowest BCUT2D eigenvalue weighted by Crippen LogP contribution is -2.35. The van der Waals surface area contributed by atoms with E-state index in [0.29, 0.717) is 0 Å². The Kier molecular flexibility index (Phi) is 3.59. The van der Waals surface area contributed by atoms with Crippen molar-refractivity contribution in [2.75, 3.05) is 11.9 Å². The lowest BCUT2D eigenvalue weighted by atomic mass is 9.86. The Balaban J connectivity index is 2.45. The third-order valence-electron chi connectivity index (χ3n) is 4.72. The fraction of sp³-hybridized carbons (Fsp3) is 0.412. The van der Waals surface area contributed by atoms with Crippen LogP contribution in [-0.4, -0.2) is 13.1 Å². The van der Waals surface area contributed by atoms with Crippen molar-refractivity contribution >= 4 is 16.7 Å². The van der Waals surface area contributed by atoms with Crippen LogP contribution in [0.15, 0.2) is 21.3 Å². The molecule has 126 valence electrons. The molecule has 7 heteroatoms. The second-order valence-corrected chi connectivity index (χ2v) is 6.25. The quantitative estimate of drug-likeness (QED) is 0.682. The topological polar surface area (TPSA) is 57.2 Å². The van der Waals surface area contributed by atoms with Crippen molar-refractivity contribution in [2.45, 2.75) is 38.4 Å². The number of nitriles is 1. The molecule has 0 radical (unpaired) electrons. The number of benzene rings is 1. The molecule has 0 saturated heterocycles. The number of hydrogen-bond acceptors (Lipinski definition) is 4. The molecule has 2 atom stereocenters. The van der Waals surface area contributed by atoms with Crippen LogP contribution in [0.5, 0.6) is 0 Å². The van der Waals surface area contributed by atoms with E-state index in [1.54, 1.807) is 0 Å². The van der Waals surface area contributed by atoms with Gasteiger partial charge in [-0.25, -0.2) is 4.79 Å². The average Bonchev–Trinajstić information content (AvgIpc) is 2.49. The van der Waals surface area contributed by atoms with Crippen molar-refractivity contribution in [3.63, 3.8) is 0 Å². The Morgan fingerprint density at radius 2 is 2.00 bits per heavy atom. The number of anilines is 1.